The zero-order chi connectivity index (χ0) is 17.9. The summed E-state index contributed by atoms with van der Waals surface area (Å²) in [5.41, 5.74) is 0.591. The van der Waals surface area contributed by atoms with Gasteiger partial charge in [-0.05, 0) is 36.4 Å². The zero-order valence-electron chi connectivity index (χ0n) is 13.2. The molecule has 2 aromatic heterocycles. The van der Waals surface area contributed by atoms with Gasteiger partial charge >= 0.3 is 5.97 Å². The lowest BCUT2D eigenvalue weighted by molar-refractivity contribution is 0.0600. The number of methoxy groups -OCH3 is 1. The molecule has 0 aliphatic heterocycles. The minimum Gasteiger partial charge on any atom is -0.465 e. The number of carbonyl (C=O) groups excluding carboxylic acids is 1. The number of imidazole rings is 1. The van der Waals surface area contributed by atoms with Gasteiger partial charge in [-0.15, -0.1) is 0 Å². The summed E-state index contributed by atoms with van der Waals surface area (Å²) in [7, 11) is -2.53. The number of anilines is 1. The standard InChI is InChI=1S/C16H14N4O4S/c1-24-16(21)12-2-5-14(6-3-12)25(22,23)19-13-4-7-15(18-10-13)20-9-8-17-11-20/h2-11,19H,1H3. The molecule has 1 N–H and O–H groups in total. The van der Waals surface area contributed by atoms with Crippen LogP contribution in [0.4, 0.5) is 5.69 Å². The molecule has 1 aromatic carbocycles. The van der Waals surface area contributed by atoms with Gasteiger partial charge in [0.1, 0.15) is 12.1 Å². The molecule has 8 nitrogen and oxygen atoms in total. The molecule has 128 valence electrons. The lowest BCUT2D eigenvalue weighted by atomic mass is 10.2. The van der Waals surface area contributed by atoms with Crippen LogP contribution in [-0.2, 0) is 14.8 Å². The second-order valence-corrected chi connectivity index (χ2v) is 6.68. The molecule has 3 rings (SSSR count). The predicted molar refractivity (Wildman–Crippen MR) is 89.9 cm³/mol. The Balaban J connectivity index is 1.78. The highest BCUT2D eigenvalue weighted by molar-refractivity contribution is 7.92. The van der Waals surface area contributed by atoms with Gasteiger partial charge in [-0.25, -0.2) is 23.2 Å². The van der Waals surface area contributed by atoms with Crippen LogP contribution in [0.25, 0.3) is 5.82 Å². The number of benzene rings is 1. The van der Waals surface area contributed by atoms with Gasteiger partial charge in [-0.3, -0.25) is 9.29 Å². The topological polar surface area (TPSA) is 103 Å². The molecule has 0 fully saturated rings. The summed E-state index contributed by atoms with van der Waals surface area (Å²) in [5, 5.41) is 0. The normalized spacial score (nSPS) is 11.1. The third kappa shape index (κ3) is 3.66. The quantitative estimate of drug-likeness (QED) is 0.698. The van der Waals surface area contributed by atoms with Crippen molar-refractivity contribution in [2.75, 3.05) is 11.8 Å². The van der Waals surface area contributed by atoms with Crippen LogP contribution in [0.15, 0.2) is 66.2 Å². The molecule has 0 radical (unpaired) electrons. The predicted octanol–water partition coefficient (Wildman–Crippen LogP) is 1.85. The summed E-state index contributed by atoms with van der Waals surface area (Å²) in [5.74, 6) is 0.0825. The minimum absolute atomic E-state index is 0.0267. The number of aromatic nitrogens is 3. The Kier molecular flexibility index (Phi) is 4.48. The lowest BCUT2D eigenvalue weighted by Crippen LogP contribution is -2.13. The second kappa shape index (κ2) is 6.73. The number of sulfonamides is 1. The number of hydrogen-bond acceptors (Lipinski definition) is 6. The second-order valence-electron chi connectivity index (χ2n) is 5.00. The fraction of sp³-hybridized carbons (Fsp3) is 0.0625. The number of esters is 1. The van der Waals surface area contributed by atoms with Crippen LogP contribution in [0.1, 0.15) is 10.4 Å². The largest absolute Gasteiger partial charge is 0.465 e. The highest BCUT2D eigenvalue weighted by atomic mass is 32.2. The molecule has 0 saturated carbocycles. The van der Waals surface area contributed by atoms with E-state index >= 15 is 0 Å². The number of rotatable bonds is 5. The average molecular weight is 358 g/mol. The molecule has 0 saturated heterocycles. The van der Waals surface area contributed by atoms with Crippen molar-refractivity contribution in [3.8, 4) is 5.82 Å². The fourth-order valence-corrected chi connectivity index (χ4v) is 3.14. The number of hydrogen-bond donors (Lipinski definition) is 1. The molecular formula is C16H14N4O4S. The van der Waals surface area contributed by atoms with Crippen LogP contribution in [0.3, 0.4) is 0 Å². The Hall–Kier alpha value is -3.20. The van der Waals surface area contributed by atoms with Gasteiger partial charge in [-0.2, -0.15) is 0 Å². The minimum atomic E-state index is -3.79. The number of pyridine rings is 1. The molecule has 0 spiro atoms. The molecule has 3 aromatic rings. The van der Waals surface area contributed by atoms with E-state index in [2.05, 4.69) is 19.4 Å². The highest BCUT2D eigenvalue weighted by Crippen LogP contribution is 2.17. The first-order valence-electron chi connectivity index (χ1n) is 7.15. The number of carbonyl (C=O) groups is 1. The summed E-state index contributed by atoms with van der Waals surface area (Å²) >= 11 is 0. The van der Waals surface area contributed by atoms with Gasteiger partial charge < -0.3 is 4.74 Å². The van der Waals surface area contributed by atoms with E-state index in [0.29, 0.717) is 11.5 Å². The van der Waals surface area contributed by atoms with Gasteiger partial charge in [0.2, 0.25) is 0 Å². The maximum Gasteiger partial charge on any atom is 0.337 e. The van der Waals surface area contributed by atoms with E-state index in [4.69, 9.17) is 0 Å². The Morgan fingerprint density at radius 3 is 2.48 bits per heavy atom. The van der Waals surface area contributed by atoms with E-state index < -0.39 is 16.0 Å². The van der Waals surface area contributed by atoms with Crippen molar-refractivity contribution in [3.05, 3.63) is 66.9 Å². The van der Waals surface area contributed by atoms with E-state index in [1.807, 2.05) is 0 Å². The Morgan fingerprint density at radius 2 is 1.92 bits per heavy atom. The Labute approximate surface area is 144 Å². The molecule has 9 heteroatoms. The third-order valence-corrected chi connectivity index (χ3v) is 4.75. The van der Waals surface area contributed by atoms with E-state index in [1.54, 1.807) is 35.4 Å². The van der Waals surface area contributed by atoms with Crippen molar-refractivity contribution < 1.29 is 17.9 Å². The number of nitrogens with zero attached hydrogens (tertiary/aromatic N) is 3. The Bertz CT molecular complexity index is 966. The van der Waals surface area contributed by atoms with Crippen molar-refractivity contribution in [1.29, 1.82) is 0 Å². The van der Waals surface area contributed by atoms with Crippen molar-refractivity contribution in [1.82, 2.24) is 14.5 Å². The highest BCUT2D eigenvalue weighted by Gasteiger charge is 2.15. The zero-order valence-corrected chi connectivity index (χ0v) is 14.0. The van der Waals surface area contributed by atoms with Gasteiger partial charge in [0.25, 0.3) is 10.0 Å². The molecule has 0 bridgehead atoms. The molecule has 0 atom stereocenters. The van der Waals surface area contributed by atoms with Crippen LogP contribution in [0.5, 0.6) is 0 Å². The van der Waals surface area contributed by atoms with E-state index in [-0.39, 0.29) is 10.5 Å². The van der Waals surface area contributed by atoms with Gasteiger partial charge in [-0.1, -0.05) is 0 Å². The van der Waals surface area contributed by atoms with Crippen LogP contribution >= 0.6 is 0 Å². The first-order chi connectivity index (χ1) is 12.0. The lowest BCUT2D eigenvalue weighted by Gasteiger charge is -2.09. The van der Waals surface area contributed by atoms with E-state index in [1.165, 1.54) is 37.6 Å². The van der Waals surface area contributed by atoms with Crippen molar-refractivity contribution in [2.24, 2.45) is 0 Å². The van der Waals surface area contributed by atoms with Gasteiger partial charge in [0.15, 0.2) is 0 Å². The number of nitrogens with one attached hydrogen (secondary N) is 1. The summed E-state index contributed by atoms with van der Waals surface area (Å²) in [6.45, 7) is 0. The van der Waals surface area contributed by atoms with Crippen LogP contribution in [0, 0.1) is 0 Å². The maximum absolute atomic E-state index is 12.4. The first-order valence-corrected chi connectivity index (χ1v) is 8.63. The molecule has 2 heterocycles. The monoisotopic (exact) mass is 358 g/mol. The molecule has 0 unspecified atom stereocenters. The molecule has 0 aliphatic rings. The molecule has 0 aliphatic carbocycles. The summed E-state index contributed by atoms with van der Waals surface area (Å²) in [4.78, 5) is 19.5. The smallest absolute Gasteiger partial charge is 0.337 e. The van der Waals surface area contributed by atoms with E-state index in [9.17, 15) is 13.2 Å². The van der Waals surface area contributed by atoms with Crippen LogP contribution < -0.4 is 4.72 Å². The van der Waals surface area contributed by atoms with Crippen molar-refractivity contribution >= 4 is 21.7 Å². The average Bonchev–Trinajstić information content (AvgIpc) is 3.16. The summed E-state index contributed by atoms with van der Waals surface area (Å²) in [6.07, 6.45) is 6.36. The molecule has 0 amide bonds. The van der Waals surface area contributed by atoms with Crippen LogP contribution in [-0.4, -0.2) is 36.0 Å². The number of ether oxygens (including phenoxy) is 1. The van der Waals surface area contributed by atoms with Gasteiger partial charge in [0.05, 0.1) is 29.5 Å². The van der Waals surface area contributed by atoms with E-state index in [0.717, 1.165) is 0 Å². The van der Waals surface area contributed by atoms with Crippen molar-refractivity contribution in [3.63, 3.8) is 0 Å². The first kappa shape index (κ1) is 16.7. The summed E-state index contributed by atoms with van der Waals surface area (Å²) in [6, 6.07) is 8.72. The molecule has 25 heavy (non-hydrogen) atoms. The summed E-state index contributed by atoms with van der Waals surface area (Å²) < 4.78 is 33.5. The van der Waals surface area contributed by atoms with Gasteiger partial charge in [0, 0.05) is 12.4 Å². The third-order valence-electron chi connectivity index (χ3n) is 3.35. The fourth-order valence-electron chi connectivity index (χ4n) is 2.10. The Morgan fingerprint density at radius 1 is 1.16 bits per heavy atom. The SMILES string of the molecule is COC(=O)c1ccc(S(=O)(=O)Nc2ccc(-n3ccnc3)nc2)cc1. The van der Waals surface area contributed by atoms with Crippen LogP contribution in [0.2, 0.25) is 0 Å². The maximum atomic E-state index is 12.4. The van der Waals surface area contributed by atoms with Crippen molar-refractivity contribution in [2.45, 2.75) is 4.90 Å². The molecular weight excluding hydrogens is 344 g/mol.